The van der Waals surface area contributed by atoms with Gasteiger partial charge in [-0.15, -0.1) is 0 Å². The molecule has 6 heteroatoms. The van der Waals surface area contributed by atoms with Crippen LogP contribution in [0.2, 0.25) is 0 Å². The van der Waals surface area contributed by atoms with Crippen LogP contribution >= 0.6 is 0 Å². The molecule has 0 aliphatic heterocycles. The molecule has 2 N–H and O–H groups in total. The number of halogens is 3. The van der Waals surface area contributed by atoms with E-state index in [4.69, 9.17) is 5.73 Å². The average molecular weight is 219 g/mol. The Hall–Kier alpha value is -1.46. The van der Waals surface area contributed by atoms with Crippen molar-refractivity contribution in [3.05, 3.63) is 17.8 Å². The van der Waals surface area contributed by atoms with E-state index < -0.39 is 12.7 Å². The van der Waals surface area contributed by atoms with E-state index in [1.54, 1.807) is 13.0 Å². The Morgan fingerprint density at radius 3 is 2.53 bits per heavy atom. The zero-order valence-corrected chi connectivity index (χ0v) is 8.47. The molecule has 84 valence electrons. The summed E-state index contributed by atoms with van der Waals surface area (Å²) in [6.45, 7) is 0.712. The lowest BCUT2D eigenvalue weighted by Gasteiger charge is -2.21. The molecule has 0 unspecified atom stereocenters. The van der Waals surface area contributed by atoms with Crippen molar-refractivity contribution >= 4 is 11.5 Å². The number of alkyl halides is 3. The summed E-state index contributed by atoms with van der Waals surface area (Å²) in [4.78, 5) is 4.84. The number of nitrogens with zero attached hydrogens (tertiary/aromatic N) is 2. The molecule has 0 radical (unpaired) electrons. The molecule has 0 saturated carbocycles. The fraction of sp³-hybridized carbons (Fsp3) is 0.444. The summed E-state index contributed by atoms with van der Waals surface area (Å²) in [5.74, 6) is 0.151. The van der Waals surface area contributed by atoms with Gasteiger partial charge >= 0.3 is 6.18 Å². The number of pyridine rings is 1. The van der Waals surface area contributed by atoms with E-state index >= 15 is 0 Å². The summed E-state index contributed by atoms with van der Waals surface area (Å²) >= 11 is 0. The first-order valence-corrected chi connectivity index (χ1v) is 4.29. The predicted molar refractivity (Wildman–Crippen MR) is 52.7 cm³/mol. The summed E-state index contributed by atoms with van der Waals surface area (Å²) < 4.78 is 36.3. The second-order valence-corrected chi connectivity index (χ2v) is 3.40. The van der Waals surface area contributed by atoms with Gasteiger partial charge in [0.25, 0.3) is 0 Å². The van der Waals surface area contributed by atoms with Crippen molar-refractivity contribution in [2.75, 3.05) is 24.2 Å². The van der Waals surface area contributed by atoms with Crippen LogP contribution in [0, 0.1) is 6.92 Å². The Bertz CT molecular complexity index is 349. The number of aromatic nitrogens is 1. The summed E-state index contributed by atoms with van der Waals surface area (Å²) in [6, 6.07) is 1.59. The number of rotatable bonds is 2. The molecule has 15 heavy (non-hydrogen) atoms. The van der Waals surface area contributed by atoms with Crippen LogP contribution in [0.3, 0.4) is 0 Å². The van der Waals surface area contributed by atoms with Gasteiger partial charge in [-0.25, -0.2) is 4.98 Å². The lowest BCUT2D eigenvalue weighted by Crippen LogP contribution is -2.31. The summed E-state index contributed by atoms with van der Waals surface area (Å²) in [5.41, 5.74) is 6.64. The van der Waals surface area contributed by atoms with Gasteiger partial charge in [0.05, 0.1) is 5.69 Å². The number of anilines is 2. The third-order valence-electron chi connectivity index (χ3n) is 1.81. The Morgan fingerprint density at radius 2 is 2.07 bits per heavy atom. The zero-order valence-electron chi connectivity index (χ0n) is 8.47. The fourth-order valence-electron chi connectivity index (χ4n) is 1.25. The van der Waals surface area contributed by atoms with E-state index in [0.717, 1.165) is 10.5 Å². The molecule has 1 aromatic heterocycles. The van der Waals surface area contributed by atoms with E-state index in [0.29, 0.717) is 0 Å². The lowest BCUT2D eigenvalue weighted by molar-refractivity contribution is -0.119. The molecule has 1 aromatic rings. The van der Waals surface area contributed by atoms with E-state index in [9.17, 15) is 13.2 Å². The standard InChI is InChI=1S/C9H12F3N3/c1-6-3-7(13)8(14-4-6)15(2)5-9(10,11)12/h3-4H,5,13H2,1-2H3. The molecule has 1 rings (SSSR count). The van der Waals surface area contributed by atoms with Crippen LogP contribution in [0.5, 0.6) is 0 Å². The molecule has 0 atom stereocenters. The van der Waals surface area contributed by atoms with Gasteiger partial charge in [-0.05, 0) is 18.6 Å². The van der Waals surface area contributed by atoms with E-state index in [-0.39, 0.29) is 11.5 Å². The summed E-state index contributed by atoms with van der Waals surface area (Å²) in [5, 5.41) is 0. The van der Waals surface area contributed by atoms with Crippen LogP contribution in [0.15, 0.2) is 12.3 Å². The third kappa shape index (κ3) is 3.30. The van der Waals surface area contributed by atoms with Gasteiger partial charge in [0.2, 0.25) is 0 Å². The van der Waals surface area contributed by atoms with E-state index in [2.05, 4.69) is 4.98 Å². The molecule has 0 aliphatic rings. The van der Waals surface area contributed by atoms with Crippen molar-refractivity contribution in [1.29, 1.82) is 0 Å². The first-order valence-electron chi connectivity index (χ1n) is 4.29. The van der Waals surface area contributed by atoms with Crippen molar-refractivity contribution in [3.8, 4) is 0 Å². The Labute approximate surface area is 85.7 Å². The number of aryl methyl sites for hydroxylation is 1. The zero-order chi connectivity index (χ0) is 11.6. The second-order valence-electron chi connectivity index (χ2n) is 3.40. The highest BCUT2D eigenvalue weighted by Crippen LogP contribution is 2.23. The minimum absolute atomic E-state index is 0.151. The van der Waals surface area contributed by atoms with Crippen molar-refractivity contribution in [2.24, 2.45) is 0 Å². The molecule has 0 aromatic carbocycles. The Morgan fingerprint density at radius 1 is 1.47 bits per heavy atom. The molecular weight excluding hydrogens is 207 g/mol. The number of hydrogen-bond donors (Lipinski definition) is 1. The maximum Gasteiger partial charge on any atom is 0.405 e. The maximum absolute atomic E-state index is 12.1. The largest absolute Gasteiger partial charge is 0.405 e. The minimum atomic E-state index is -4.26. The normalized spacial score (nSPS) is 11.5. The minimum Gasteiger partial charge on any atom is -0.396 e. The molecule has 0 fully saturated rings. The van der Waals surface area contributed by atoms with Crippen molar-refractivity contribution in [3.63, 3.8) is 0 Å². The van der Waals surface area contributed by atoms with Crippen LogP contribution in [0.25, 0.3) is 0 Å². The Balaban J connectivity index is 2.87. The van der Waals surface area contributed by atoms with Crippen molar-refractivity contribution in [1.82, 2.24) is 4.98 Å². The number of nitrogens with two attached hydrogens (primary N) is 1. The smallest absolute Gasteiger partial charge is 0.396 e. The highest BCUT2D eigenvalue weighted by atomic mass is 19.4. The average Bonchev–Trinajstić information content (AvgIpc) is 1.99. The monoisotopic (exact) mass is 219 g/mol. The molecule has 0 aliphatic carbocycles. The second kappa shape index (κ2) is 3.96. The topological polar surface area (TPSA) is 42.2 Å². The summed E-state index contributed by atoms with van der Waals surface area (Å²) in [6.07, 6.45) is -2.77. The van der Waals surface area contributed by atoms with E-state index in [1.165, 1.54) is 13.2 Å². The van der Waals surface area contributed by atoms with Crippen LogP contribution < -0.4 is 10.6 Å². The van der Waals surface area contributed by atoms with Gasteiger partial charge in [0.1, 0.15) is 6.54 Å². The van der Waals surface area contributed by atoms with E-state index in [1.807, 2.05) is 0 Å². The van der Waals surface area contributed by atoms with Gasteiger partial charge in [-0.3, -0.25) is 0 Å². The first-order chi connectivity index (χ1) is 6.79. The van der Waals surface area contributed by atoms with Gasteiger partial charge in [-0.2, -0.15) is 13.2 Å². The molecule has 1 heterocycles. The van der Waals surface area contributed by atoms with Gasteiger partial charge in [-0.1, -0.05) is 0 Å². The summed E-state index contributed by atoms with van der Waals surface area (Å²) in [7, 11) is 1.31. The van der Waals surface area contributed by atoms with Gasteiger partial charge in [0.15, 0.2) is 5.82 Å². The predicted octanol–water partition coefficient (Wildman–Crippen LogP) is 1.97. The van der Waals surface area contributed by atoms with Gasteiger partial charge in [0, 0.05) is 13.2 Å². The molecular formula is C9H12F3N3. The fourth-order valence-corrected chi connectivity index (χ4v) is 1.25. The SMILES string of the molecule is Cc1cnc(N(C)CC(F)(F)F)c(N)c1. The Kier molecular flexibility index (Phi) is 3.06. The highest BCUT2D eigenvalue weighted by Gasteiger charge is 2.30. The van der Waals surface area contributed by atoms with Crippen LogP contribution in [-0.2, 0) is 0 Å². The number of hydrogen-bond acceptors (Lipinski definition) is 3. The molecule has 3 nitrogen and oxygen atoms in total. The van der Waals surface area contributed by atoms with Crippen LogP contribution in [0.1, 0.15) is 5.56 Å². The lowest BCUT2D eigenvalue weighted by atomic mass is 10.3. The molecule has 0 amide bonds. The maximum atomic E-state index is 12.1. The molecule has 0 saturated heterocycles. The van der Waals surface area contributed by atoms with Crippen LogP contribution in [0.4, 0.5) is 24.7 Å². The highest BCUT2D eigenvalue weighted by molar-refractivity contribution is 5.62. The molecule has 0 bridgehead atoms. The first kappa shape index (κ1) is 11.6. The van der Waals surface area contributed by atoms with Crippen molar-refractivity contribution in [2.45, 2.75) is 13.1 Å². The quantitative estimate of drug-likeness (QED) is 0.826. The number of nitrogen functional groups attached to an aromatic ring is 1. The van der Waals surface area contributed by atoms with Crippen LogP contribution in [-0.4, -0.2) is 24.8 Å². The third-order valence-corrected chi connectivity index (χ3v) is 1.81. The van der Waals surface area contributed by atoms with Crippen molar-refractivity contribution < 1.29 is 13.2 Å². The van der Waals surface area contributed by atoms with Gasteiger partial charge < -0.3 is 10.6 Å². The molecule has 0 spiro atoms.